The van der Waals surface area contributed by atoms with Crippen molar-refractivity contribution in [2.75, 3.05) is 31.6 Å². The first-order chi connectivity index (χ1) is 15.5. The summed E-state index contributed by atoms with van der Waals surface area (Å²) in [6.07, 6.45) is 2.67. The fraction of sp³-hybridized carbons (Fsp3) is 0.654. The Hall–Kier alpha value is -2.57. The molecule has 2 saturated heterocycles. The third kappa shape index (κ3) is 6.95. The molecule has 2 aliphatic heterocycles. The van der Waals surface area contributed by atoms with Crippen molar-refractivity contribution in [1.82, 2.24) is 10.2 Å². The summed E-state index contributed by atoms with van der Waals surface area (Å²) in [5, 5.41) is 2.42. The maximum atomic E-state index is 12.2. The van der Waals surface area contributed by atoms with Crippen molar-refractivity contribution in [3.63, 3.8) is 0 Å². The molecule has 1 atom stereocenters. The van der Waals surface area contributed by atoms with Gasteiger partial charge in [0.05, 0.1) is 5.92 Å². The van der Waals surface area contributed by atoms with E-state index in [2.05, 4.69) is 29.3 Å². The maximum absolute atomic E-state index is 12.2. The van der Waals surface area contributed by atoms with Gasteiger partial charge in [-0.1, -0.05) is 32.9 Å². The molecular weight excluding hydrogens is 418 g/mol. The van der Waals surface area contributed by atoms with Crippen molar-refractivity contribution >= 4 is 23.6 Å². The number of hydrogen-bond donors (Lipinski definition) is 1. The molecule has 3 amide bonds. The van der Waals surface area contributed by atoms with E-state index >= 15 is 0 Å². The summed E-state index contributed by atoms with van der Waals surface area (Å²) in [6, 6.07) is 8.12. The van der Waals surface area contributed by atoms with Gasteiger partial charge in [-0.05, 0) is 57.7 Å². The zero-order valence-corrected chi connectivity index (χ0v) is 21.4. The van der Waals surface area contributed by atoms with Crippen LogP contribution >= 0.6 is 0 Å². The van der Waals surface area contributed by atoms with Gasteiger partial charge in [0.2, 0.25) is 11.8 Å². The molecule has 0 bridgehead atoms. The summed E-state index contributed by atoms with van der Waals surface area (Å²) in [7, 11) is 1.79. The molecule has 33 heavy (non-hydrogen) atoms. The first-order valence-corrected chi connectivity index (χ1v) is 12.1. The van der Waals surface area contributed by atoms with Crippen LogP contribution in [0.4, 0.5) is 10.5 Å². The highest BCUT2D eigenvalue weighted by atomic mass is 16.6. The highest BCUT2D eigenvalue weighted by Gasteiger charge is 2.41. The molecule has 0 radical (unpaired) electrons. The molecular formula is C26H41N3O4. The second-order valence-electron chi connectivity index (χ2n) is 9.96. The second kappa shape index (κ2) is 11.0. The average molecular weight is 460 g/mol. The van der Waals surface area contributed by atoms with Gasteiger partial charge in [-0.15, -0.1) is 0 Å². The lowest BCUT2D eigenvalue weighted by atomic mass is 9.74. The lowest BCUT2D eigenvalue weighted by Gasteiger charge is -2.52. The van der Waals surface area contributed by atoms with Crippen LogP contribution < -0.4 is 10.2 Å². The molecule has 7 heteroatoms. The Balaban J connectivity index is 0.00000187. The molecule has 0 spiro atoms. The van der Waals surface area contributed by atoms with Crippen LogP contribution in [0.25, 0.3) is 0 Å². The number of anilines is 1. The molecule has 0 saturated carbocycles. The molecule has 2 fully saturated rings. The van der Waals surface area contributed by atoms with Crippen LogP contribution in [-0.2, 0) is 14.3 Å². The Bertz CT molecular complexity index is 823. The Morgan fingerprint density at radius 1 is 1.18 bits per heavy atom. The SMILES string of the molecule is CC.CCC1(CCN(C)C(=O)OC(C)(C)C)CN(c2ccc(C3CCC(=O)NC3=O)cc2)C1. The van der Waals surface area contributed by atoms with Crippen LogP contribution in [0.15, 0.2) is 24.3 Å². The van der Waals surface area contributed by atoms with Gasteiger partial charge in [-0.2, -0.15) is 0 Å². The normalized spacial score (nSPS) is 19.6. The van der Waals surface area contributed by atoms with Crippen molar-refractivity contribution in [3.05, 3.63) is 29.8 Å². The Kier molecular flexibility index (Phi) is 8.92. The number of carbonyl (C=O) groups excluding carboxylic acids is 3. The van der Waals surface area contributed by atoms with Gasteiger partial charge in [0.1, 0.15) is 5.60 Å². The predicted octanol–water partition coefficient (Wildman–Crippen LogP) is 4.71. The van der Waals surface area contributed by atoms with Crippen molar-refractivity contribution < 1.29 is 19.1 Å². The third-order valence-electron chi connectivity index (χ3n) is 6.39. The molecule has 2 heterocycles. The smallest absolute Gasteiger partial charge is 0.410 e. The summed E-state index contributed by atoms with van der Waals surface area (Å²) < 4.78 is 5.44. The quantitative estimate of drug-likeness (QED) is 0.624. The molecule has 1 aromatic rings. The first kappa shape index (κ1) is 26.7. The van der Waals surface area contributed by atoms with Gasteiger partial charge < -0.3 is 14.5 Å². The van der Waals surface area contributed by atoms with Gasteiger partial charge >= 0.3 is 6.09 Å². The molecule has 3 rings (SSSR count). The van der Waals surface area contributed by atoms with Crippen molar-refractivity contribution in [2.45, 2.75) is 78.7 Å². The van der Waals surface area contributed by atoms with Crippen LogP contribution in [0.1, 0.15) is 78.7 Å². The summed E-state index contributed by atoms with van der Waals surface area (Å²) in [4.78, 5) is 39.7. The van der Waals surface area contributed by atoms with E-state index in [-0.39, 0.29) is 29.2 Å². The molecule has 0 aliphatic carbocycles. The average Bonchev–Trinajstić information content (AvgIpc) is 2.74. The number of amides is 3. The second-order valence-corrected chi connectivity index (χ2v) is 9.96. The zero-order valence-electron chi connectivity index (χ0n) is 21.4. The monoisotopic (exact) mass is 459 g/mol. The van der Waals surface area contributed by atoms with E-state index in [0.29, 0.717) is 19.4 Å². The number of hydrogen-bond acceptors (Lipinski definition) is 5. The highest BCUT2D eigenvalue weighted by Crippen LogP contribution is 2.40. The van der Waals surface area contributed by atoms with Gasteiger partial charge in [-0.25, -0.2) is 4.79 Å². The Labute approximate surface area is 198 Å². The van der Waals surface area contributed by atoms with Crippen molar-refractivity contribution in [1.29, 1.82) is 0 Å². The van der Waals surface area contributed by atoms with Crippen LogP contribution in [0.5, 0.6) is 0 Å². The fourth-order valence-corrected chi connectivity index (χ4v) is 4.27. The minimum Gasteiger partial charge on any atom is -0.444 e. The molecule has 7 nitrogen and oxygen atoms in total. The molecule has 1 unspecified atom stereocenters. The Morgan fingerprint density at radius 3 is 2.30 bits per heavy atom. The number of piperidine rings is 1. The van der Waals surface area contributed by atoms with E-state index in [1.54, 1.807) is 11.9 Å². The third-order valence-corrected chi connectivity index (χ3v) is 6.39. The van der Waals surface area contributed by atoms with Gasteiger partial charge in [0, 0.05) is 44.2 Å². The van der Waals surface area contributed by atoms with Gasteiger partial charge in [0.15, 0.2) is 0 Å². The largest absolute Gasteiger partial charge is 0.444 e. The summed E-state index contributed by atoms with van der Waals surface area (Å²) in [6.45, 7) is 14.4. The molecule has 0 aromatic heterocycles. The lowest BCUT2D eigenvalue weighted by Crippen LogP contribution is -2.57. The van der Waals surface area contributed by atoms with Crippen LogP contribution in [0, 0.1) is 5.41 Å². The van der Waals surface area contributed by atoms with Gasteiger partial charge in [-0.3, -0.25) is 14.9 Å². The van der Waals surface area contributed by atoms with E-state index in [9.17, 15) is 14.4 Å². The molecule has 1 N–H and O–H groups in total. The summed E-state index contributed by atoms with van der Waals surface area (Å²) >= 11 is 0. The highest BCUT2D eigenvalue weighted by molar-refractivity contribution is 6.00. The number of imide groups is 1. The van der Waals surface area contributed by atoms with Crippen molar-refractivity contribution in [3.8, 4) is 0 Å². The van der Waals surface area contributed by atoms with Crippen LogP contribution in [0.2, 0.25) is 0 Å². The zero-order chi connectivity index (χ0) is 24.8. The predicted molar refractivity (Wildman–Crippen MR) is 131 cm³/mol. The van der Waals surface area contributed by atoms with Crippen molar-refractivity contribution in [2.24, 2.45) is 5.41 Å². The standard InChI is InChI=1S/C24H35N3O4.C2H6/c1-6-24(13-14-26(5)22(30)31-23(2,3)4)15-27(16-24)18-9-7-17(8-10-18)19-11-12-20(28)25-21(19)29;1-2/h7-10,19H,6,11-16H2,1-5H3,(H,25,28,29);1-2H3. The minimum absolute atomic E-state index is 0.188. The lowest BCUT2D eigenvalue weighted by molar-refractivity contribution is -0.134. The molecule has 2 aliphatic rings. The number of carbonyl (C=O) groups is 3. The minimum atomic E-state index is -0.485. The number of rotatable bonds is 6. The number of ether oxygens (including phenoxy) is 1. The van der Waals surface area contributed by atoms with Crippen LogP contribution in [0.3, 0.4) is 0 Å². The fourth-order valence-electron chi connectivity index (χ4n) is 4.27. The van der Waals surface area contributed by atoms with Crippen LogP contribution in [-0.4, -0.2) is 55.1 Å². The number of benzene rings is 1. The van der Waals surface area contributed by atoms with E-state index in [1.165, 1.54) is 0 Å². The van der Waals surface area contributed by atoms with Gasteiger partial charge in [0.25, 0.3) is 0 Å². The topological polar surface area (TPSA) is 79.0 Å². The van der Waals surface area contributed by atoms with E-state index < -0.39 is 5.60 Å². The first-order valence-electron chi connectivity index (χ1n) is 12.1. The molecule has 1 aromatic carbocycles. The summed E-state index contributed by atoms with van der Waals surface area (Å²) in [5.41, 5.74) is 1.80. The van der Waals surface area contributed by atoms with E-state index in [0.717, 1.165) is 37.2 Å². The Morgan fingerprint density at radius 2 is 1.79 bits per heavy atom. The molecule has 184 valence electrons. The van der Waals surface area contributed by atoms with E-state index in [4.69, 9.17) is 4.74 Å². The summed E-state index contributed by atoms with van der Waals surface area (Å²) in [5.74, 6) is -0.639. The number of nitrogens with one attached hydrogen (secondary N) is 1. The number of nitrogens with zero attached hydrogens (tertiary/aromatic N) is 2. The van der Waals surface area contributed by atoms with E-state index in [1.807, 2.05) is 46.8 Å². The maximum Gasteiger partial charge on any atom is 0.410 e.